The lowest BCUT2D eigenvalue weighted by Crippen LogP contribution is -2.52. The van der Waals surface area contributed by atoms with Crippen LogP contribution in [0.5, 0.6) is 0 Å². The number of rotatable bonds is 2. The lowest BCUT2D eigenvalue weighted by atomic mass is 9.82. The summed E-state index contributed by atoms with van der Waals surface area (Å²) in [4.78, 5) is 14.3. The first kappa shape index (κ1) is 16.7. The monoisotopic (exact) mass is 290 g/mol. The van der Waals surface area contributed by atoms with Crippen molar-refractivity contribution in [3.05, 3.63) is 0 Å². The first-order chi connectivity index (χ1) is 8.49. The molecule has 2 fully saturated rings. The van der Waals surface area contributed by atoms with Gasteiger partial charge < -0.3 is 15.4 Å². The van der Waals surface area contributed by atoms with Crippen LogP contribution in [0.25, 0.3) is 0 Å². The molecule has 2 rings (SSSR count). The molecule has 2 N–H and O–H groups in total. The van der Waals surface area contributed by atoms with Crippen LogP contribution >= 0.6 is 12.4 Å². The van der Waals surface area contributed by atoms with Crippen molar-refractivity contribution in [3.63, 3.8) is 0 Å². The van der Waals surface area contributed by atoms with Crippen LogP contribution in [0.4, 0.5) is 0 Å². The second-order valence-corrected chi connectivity index (χ2v) is 6.47. The maximum absolute atomic E-state index is 12.4. The molecule has 2 aliphatic heterocycles. The maximum Gasteiger partial charge on any atom is 0.239 e. The van der Waals surface area contributed by atoms with Gasteiger partial charge in [0, 0.05) is 26.3 Å². The summed E-state index contributed by atoms with van der Waals surface area (Å²) < 4.78 is 5.32. The van der Waals surface area contributed by atoms with E-state index >= 15 is 0 Å². The number of amides is 1. The van der Waals surface area contributed by atoms with Crippen LogP contribution in [0, 0.1) is 11.3 Å². The molecule has 4 nitrogen and oxygen atoms in total. The van der Waals surface area contributed by atoms with Gasteiger partial charge in [0.15, 0.2) is 0 Å². The summed E-state index contributed by atoms with van der Waals surface area (Å²) in [5.74, 6) is 0.457. The van der Waals surface area contributed by atoms with Crippen LogP contribution in [-0.4, -0.2) is 43.2 Å². The van der Waals surface area contributed by atoms with E-state index in [0.717, 1.165) is 52.0 Å². The van der Waals surface area contributed by atoms with Gasteiger partial charge in [-0.15, -0.1) is 12.4 Å². The Morgan fingerprint density at radius 3 is 2.32 bits per heavy atom. The molecule has 0 spiro atoms. The highest BCUT2D eigenvalue weighted by atomic mass is 35.5. The molecule has 0 aromatic heterocycles. The Balaban J connectivity index is 0.00000180. The summed E-state index contributed by atoms with van der Waals surface area (Å²) >= 11 is 0. The van der Waals surface area contributed by atoms with E-state index in [2.05, 4.69) is 13.8 Å². The van der Waals surface area contributed by atoms with E-state index in [1.54, 1.807) is 0 Å². The van der Waals surface area contributed by atoms with Crippen molar-refractivity contribution < 1.29 is 9.53 Å². The lowest BCUT2D eigenvalue weighted by molar-refractivity contribution is -0.136. The number of halogens is 1. The third-order valence-electron chi connectivity index (χ3n) is 4.49. The maximum atomic E-state index is 12.4. The standard InChI is InChI=1S/C14H26N2O2.ClH/c1-14(2)5-7-16(8-6-14)13(17)12(15)11-3-9-18-10-4-11;/h11-12H,3-10,15H2,1-2H3;1H. The third kappa shape index (κ3) is 4.33. The predicted molar refractivity (Wildman–Crippen MR) is 78.4 cm³/mol. The molecule has 0 aromatic carbocycles. The fourth-order valence-electron chi connectivity index (χ4n) is 2.82. The molecule has 2 heterocycles. The average Bonchev–Trinajstić information content (AvgIpc) is 2.38. The summed E-state index contributed by atoms with van der Waals surface area (Å²) in [6.07, 6.45) is 4.01. The minimum atomic E-state index is -0.324. The van der Waals surface area contributed by atoms with Gasteiger partial charge in [0.2, 0.25) is 5.91 Å². The van der Waals surface area contributed by atoms with Gasteiger partial charge in [-0.3, -0.25) is 4.79 Å². The highest BCUT2D eigenvalue weighted by molar-refractivity contribution is 5.85. The number of hydrogen-bond donors (Lipinski definition) is 1. The number of nitrogens with two attached hydrogens (primary N) is 1. The fraction of sp³-hybridized carbons (Fsp3) is 0.929. The highest BCUT2D eigenvalue weighted by Gasteiger charge is 2.33. The van der Waals surface area contributed by atoms with Crippen molar-refractivity contribution in [2.24, 2.45) is 17.1 Å². The summed E-state index contributed by atoms with van der Waals surface area (Å²) in [6.45, 7) is 7.77. The van der Waals surface area contributed by atoms with Crippen molar-refractivity contribution in [3.8, 4) is 0 Å². The molecule has 2 aliphatic rings. The van der Waals surface area contributed by atoms with Gasteiger partial charge in [0.25, 0.3) is 0 Å². The topological polar surface area (TPSA) is 55.6 Å². The van der Waals surface area contributed by atoms with Crippen LogP contribution < -0.4 is 5.73 Å². The zero-order chi connectivity index (χ0) is 13.2. The quantitative estimate of drug-likeness (QED) is 0.844. The third-order valence-corrected chi connectivity index (χ3v) is 4.49. The Labute approximate surface area is 122 Å². The zero-order valence-electron chi connectivity index (χ0n) is 12.1. The molecule has 1 atom stereocenters. The largest absolute Gasteiger partial charge is 0.381 e. The van der Waals surface area contributed by atoms with E-state index in [-0.39, 0.29) is 24.4 Å². The number of carbonyl (C=O) groups excluding carboxylic acids is 1. The van der Waals surface area contributed by atoms with Crippen molar-refractivity contribution in [2.45, 2.75) is 45.6 Å². The summed E-state index contributed by atoms with van der Waals surface area (Å²) in [5, 5.41) is 0. The minimum Gasteiger partial charge on any atom is -0.381 e. The van der Waals surface area contributed by atoms with Gasteiger partial charge >= 0.3 is 0 Å². The number of nitrogens with zero attached hydrogens (tertiary/aromatic N) is 1. The number of hydrogen-bond acceptors (Lipinski definition) is 3. The molecule has 0 bridgehead atoms. The molecule has 0 radical (unpaired) electrons. The van der Waals surface area contributed by atoms with Crippen LogP contribution in [0.1, 0.15) is 39.5 Å². The molecule has 5 heteroatoms. The van der Waals surface area contributed by atoms with Crippen LogP contribution in [0.3, 0.4) is 0 Å². The van der Waals surface area contributed by atoms with Gasteiger partial charge in [0.1, 0.15) is 0 Å². The zero-order valence-corrected chi connectivity index (χ0v) is 12.9. The SMILES string of the molecule is CC1(C)CCN(C(=O)C(N)C2CCOCC2)CC1.Cl. The number of piperidine rings is 1. The summed E-state index contributed by atoms with van der Waals surface area (Å²) in [7, 11) is 0. The van der Waals surface area contributed by atoms with Crippen molar-refractivity contribution in [1.82, 2.24) is 4.90 Å². The molecule has 19 heavy (non-hydrogen) atoms. The second kappa shape index (κ2) is 6.91. The van der Waals surface area contributed by atoms with Gasteiger partial charge in [-0.2, -0.15) is 0 Å². The lowest BCUT2D eigenvalue weighted by Gasteiger charge is -2.39. The molecule has 0 aliphatic carbocycles. The van der Waals surface area contributed by atoms with Crippen molar-refractivity contribution >= 4 is 18.3 Å². The average molecular weight is 291 g/mol. The van der Waals surface area contributed by atoms with Crippen LogP contribution in [0.15, 0.2) is 0 Å². The fourth-order valence-corrected chi connectivity index (χ4v) is 2.82. The number of likely N-dealkylation sites (tertiary alicyclic amines) is 1. The molecular formula is C14H27ClN2O2. The predicted octanol–water partition coefficient (Wildman–Crippen LogP) is 1.81. The van der Waals surface area contributed by atoms with Gasteiger partial charge in [-0.25, -0.2) is 0 Å². The number of ether oxygens (including phenoxy) is 1. The minimum absolute atomic E-state index is 0. The second-order valence-electron chi connectivity index (χ2n) is 6.47. The molecule has 112 valence electrons. The molecule has 1 unspecified atom stereocenters. The van der Waals surface area contributed by atoms with Crippen LogP contribution in [-0.2, 0) is 9.53 Å². The van der Waals surface area contributed by atoms with Gasteiger partial charge in [-0.05, 0) is 37.0 Å². The Morgan fingerprint density at radius 1 is 1.26 bits per heavy atom. The van der Waals surface area contributed by atoms with E-state index in [1.165, 1.54) is 0 Å². The Hall–Kier alpha value is -0.320. The first-order valence-corrected chi connectivity index (χ1v) is 7.12. The molecule has 2 saturated heterocycles. The summed E-state index contributed by atoms with van der Waals surface area (Å²) in [6, 6.07) is -0.324. The van der Waals surface area contributed by atoms with E-state index in [1.807, 2.05) is 4.90 Å². The molecule has 1 amide bonds. The van der Waals surface area contributed by atoms with E-state index in [4.69, 9.17) is 10.5 Å². The number of carbonyl (C=O) groups is 1. The Bertz CT molecular complexity index is 294. The molecule has 0 saturated carbocycles. The smallest absolute Gasteiger partial charge is 0.239 e. The van der Waals surface area contributed by atoms with Gasteiger partial charge in [-0.1, -0.05) is 13.8 Å². The molecule has 0 aromatic rings. The highest BCUT2D eigenvalue weighted by Crippen LogP contribution is 2.30. The normalized spacial score (nSPS) is 25.5. The van der Waals surface area contributed by atoms with E-state index < -0.39 is 0 Å². The first-order valence-electron chi connectivity index (χ1n) is 7.12. The van der Waals surface area contributed by atoms with Gasteiger partial charge in [0.05, 0.1) is 6.04 Å². The van der Waals surface area contributed by atoms with Crippen molar-refractivity contribution in [2.75, 3.05) is 26.3 Å². The van der Waals surface area contributed by atoms with E-state index in [0.29, 0.717) is 11.3 Å². The Kier molecular flexibility index (Phi) is 6.09. The van der Waals surface area contributed by atoms with Crippen LogP contribution in [0.2, 0.25) is 0 Å². The van der Waals surface area contributed by atoms with E-state index in [9.17, 15) is 4.79 Å². The molecular weight excluding hydrogens is 264 g/mol. The Morgan fingerprint density at radius 2 is 1.79 bits per heavy atom. The summed E-state index contributed by atoms with van der Waals surface area (Å²) in [5.41, 5.74) is 6.52. The van der Waals surface area contributed by atoms with Crippen molar-refractivity contribution in [1.29, 1.82) is 0 Å².